The van der Waals surface area contributed by atoms with Gasteiger partial charge in [0.1, 0.15) is 0 Å². The van der Waals surface area contributed by atoms with Crippen molar-refractivity contribution in [2.45, 2.75) is 19.1 Å². The van der Waals surface area contributed by atoms with Gasteiger partial charge in [-0.05, 0) is 42.3 Å². The topological polar surface area (TPSA) is 45.1 Å². The van der Waals surface area contributed by atoms with Crippen molar-refractivity contribution >= 4 is 15.9 Å². The summed E-state index contributed by atoms with van der Waals surface area (Å²) in [5.41, 5.74) is 2.07. The molecule has 2 N–H and O–H groups in total. The summed E-state index contributed by atoms with van der Waals surface area (Å²) in [6.45, 7) is 2.59. The smallest absolute Gasteiger partial charge is 0.0914 e. The zero-order valence-electron chi connectivity index (χ0n) is 10.8. The molecular formula is C15H17BrN2O. The largest absolute Gasteiger partial charge is 0.387 e. The van der Waals surface area contributed by atoms with Gasteiger partial charge in [-0.1, -0.05) is 28.1 Å². The van der Waals surface area contributed by atoms with Gasteiger partial charge in [0.05, 0.1) is 6.10 Å². The quantitative estimate of drug-likeness (QED) is 0.889. The van der Waals surface area contributed by atoms with Crippen molar-refractivity contribution in [3.8, 4) is 0 Å². The van der Waals surface area contributed by atoms with E-state index in [9.17, 15) is 5.11 Å². The maximum Gasteiger partial charge on any atom is 0.0914 e. The minimum atomic E-state index is -0.512. The molecule has 0 saturated heterocycles. The van der Waals surface area contributed by atoms with E-state index in [1.165, 1.54) is 0 Å². The Labute approximate surface area is 121 Å². The third-order valence-corrected chi connectivity index (χ3v) is 3.55. The first-order chi connectivity index (χ1) is 9.16. The van der Waals surface area contributed by atoms with E-state index in [0.717, 1.165) is 15.6 Å². The third-order valence-electron chi connectivity index (χ3n) is 3.06. The molecule has 2 rings (SSSR count). The molecule has 1 heterocycles. The minimum Gasteiger partial charge on any atom is -0.387 e. The Morgan fingerprint density at radius 3 is 2.63 bits per heavy atom. The maximum absolute atomic E-state index is 10.1. The van der Waals surface area contributed by atoms with Crippen LogP contribution in [0.25, 0.3) is 0 Å². The number of aliphatic hydroxyl groups is 1. The van der Waals surface area contributed by atoms with Crippen molar-refractivity contribution in [2.24, 2.45) is 0 Å². The van der Waals surface area contributed by atoms with Gasteiger partial charge in [0.15, 0.2) is 0 Å². The van der Waals surface area contributed by atoms with E-state index in [-0.39, 0.29) is 6.04 Å². The predicted molar refractivity (Wildman–Crippen MR) is 79.8 cm³/mol. The fourth-order valence-corrected chi connectivity index (χ4v) is 2.31. The van der Waals surface area contributed by atoms with E-state index < -0.39 is 6.10 Å². The molecule has 0 aliphatic heterocycles. The fourth-order valence-electron chi connectivity index (χ4n) is 1.89. The molecule has 0 radical (unpaired) electrons. The average Bonchev–Trinajstić information content (AvgIpc) is 2.45. The van der Waals surface area contributed by atoms with E-state index in [1.54, 1.807) is 12.4 Å². The highest BCUT2D eigenvalue weighted by atomic mass is 79.9. The summed E-state index contributed by atoms with van der Waals surface area (Å²) in [5, 5.41) is 13.5. The van der Waals surface area contributed by atoms with Crippen molar-refractivity contribution in [1.29, 1.82) is 0 Å². The van der Waals surface area contributed by atoms with E-state index in [0.29, 0.717) is 6.54 Å². The van der Waals surface area contributed by atoms with Gasteiger partial charge in [-0.25, -0.2) is 0 Å². The van der Waals surface area contributed by atoms with Crippen LogP contribution in [0.2, 0.25) is 0 Å². The van der Waals surface area contributed by atoms with Crippen molar-refractivity contribution in [3.63, 3.8) is 0 Å². The SMILES string of the molecule is C[C@H](NCC(O)c1cccc(Br)c1)c1ccncc1. The summed E-state index contributed by atoms with van der Waals surface area (Å²) in [7, 11) is 0. The van der Waals surface area contributed by atoms with Crippen molar-refractivity contribution in [1.82, 2.24) is 10.3 Å². The van der Waals surface area contributed by atoms with Crippen LogP contribution in [-0.4, -0.2) is 16.6 Å². The second-order valence-corrected chi connectivity index (χ2v) is 5.40. The molecule has 1 aromatic heterocycles. The van der Waals surface area contributed by atoms with Gasteiger partial charge in [0, 0.05) is 29.5 Å². The van der Waals surface area contributed by atoms with E-state index >= 15 is 0 Å². The van der Waals surface area contributed by atoms with Crippen LogP contribution in [0.3, 0.4) is 0 Å². The number of hydrogen-bond acceptors (Lipinski definition) is 3. The highest BCUT2D eigenvalue weighted by Gasteiger charge is 2.10. The Morgan fingerprint density at radius 2 is 1.95 bits per heavy atom. The predicted octanol–water partition coefficient (Wildman–Crippen LogP) is 3.23. The van der Waals surface area contributed by atoms with Crippen LogP contribution < -0.4 is 5.32 Å². The molecule has 19 heavy (non-hydrogen) atoms. The molecule has 4 heteroatoms. The molecular weight excluding hydrogens is 304 g/mol. The lowest BCUT2D eigenvalue weighted by Crippen LogP contribution is -2.24. The summed E-state index contributed by atoms with van der Waals surface area (Å²) >= 11 is 3.41. The number of pyridine rings is 1. The number of aliphatic hydroxyl groups excluding tert-OH is 1. The van der Waals surface area contributed by atoms with E-state index in [4.69, 9.17) is 0 Å². The van der Waals surface area contributed by atoms with E-state index in [1.807, 2.05) is 36.4 Å². The highest BCUT2D eigenvalue weighted by Crippen LogP contribution is 2.18. The molecule has 3 nitrogen and oxygen atoms in total. The number of aromatic nitrogens is 1. The maximum atomic E-state index is 10.1. The Bertz CT molecular complexity index is 519. The Kier molecular flexibility index (Phi) is 5.07. The van der Waals surface area contributed by atoms with Crippen LogP contribution in [0.1, 0.15) is 30.2 Å². The van der Waals surface area contributed by atoms with Crippen LogP contribution >= 0.6 is 15.9 Å². The van der Waals surface area contributed by atoms with Gasteiger partial charge in [-0.15, -0.1) is 0 Å². The monoisotopic (exact) mass is 320 g/mol. The van der Waals surface area contributed by atoms with Gasteiger partial charge < -0.3 is 10.4 Å². The summed E-state index contributed by atoms with van der Waals surface area (Å²) in [5.74, 6) is 0. The summed E-state index contributed by atoms with van der Waals surface area (Å²) in [6, 6.07) is 11.9. The highest BCUT2D eigenvalue weighted by molar-refractivity contribution is 9.10. The lowest BCUT2D eigenvalue weighted by Gasteiger charge is -2.17. The van der Waals surface area contributed by atoms with Gasteiger partial charge in [-0.3, -0.25) is 4.98 Å². The second kappa shape index (κ2) is 6.80. The molecule has 100 valence electrons. The average molecular weight is 321 g/mol. The van der Waals surface area contributed by atoms with Crippen LogP contribution in [0, 0.1) is 0 Å². The zero-order chi connectivity index (χ0) is 13.7. The molecule has 0 aliphatic rings. The van der Waals surface area contributed by atoms with Crippen molar-refractivity contribution < 1.29 is 5.11 Å². The molecule has 0 saturated carbocycles. The number of nitrogens with one attached hydrogen (secondary N) is 1. The first-order valence-electron chi connectivity index (χ1n) is 6.23. The first kappa shape index (κ1) is 14.2. The zero-order valence-corrected chi connectivity index (χ0v) is 12.3. The molecule has 0 fully saturated rings. The summed E-state index contributed by atoms with van der Waals surface area (Å²) in [4.78, 5) is 4.00. The summed E-state index contributed by atoms with van der Waals surface area (Å²) < 4.78 is 0.978. The molecule has 0 bridgehead atoms. The van der Waals surface area contributed by atoms with Crippen LogP contribution in [0.4, 0.5) is 0 Å². The lowest BCUT2D eigenvalue weighted by atomic mass is 10.1. The molecule has 2 atom stereocenters. The van der Waals surface area contributed by atoms with Crippen LogP contribution in [-0.2, 0) is 0 Å². The molecule has 1 aromatic carbocycles. The molecule has 0 spiro atoms. The number of nitrogens with zero attached hydrogens (tertiary/aromatic N) is 1. The second-order valence-electron chi connectivity index (χ2n) is 4.48. The normalized spacial score (nSPS) is 14.1. The van der Waals surface area contributed by atoms with Gasteiger partial charge in [0.25, 0.3) is 0 Å². The first-order valence-corrected chi connectivity index (χ1v) is 7.03. The Balaban J connectivity index is 1.92. The molecule has 2 aromatic rings. The number of halogens is 1. The molecule has 1 unspecified atom stereocenters. The van der Waals surface area contributed by atoms with E-state index in [2.05, 4.69) is 33.2 Å². The Hall–Kier alpha value is -1.23. The van der Waals surface area contributed by atoms with Crippen molar-refractivity contribution in [2.75, 3.05) is 6.54 Å². The number of hydrogen-bond donors (Lipinski definition) is 2. The van der Waals surface area contributed by atoms with Crippen molar-refractivity contribution in [3.05, 3.63) is 64.4 Å². The minimum absolute atomic E-state index is 0.185. The van der Waals surface area contributed by atoms with Crippen LogP contribution in [0.5, 0.6) is 0 Å². The third kappa shape index (κ3) is 4.13. The lowest BCUT2D eigenvalue weighted by molar-refractivity contribution is 0.170. The standard InChI is InChI=1S/C15H17BrN2O/c1-11(12-5-7-17-8-6-12)18-10-15(19)13-3-2-4-14(16)9-13/h2-9,11,15,18-19H,10H2,1H3/t11-,15?/m0/s1. The van der Waals surface area contributed by atoms with Gasteiger partial charge in [-0.2, -0.15) is 0 Å². The van der Waals surface area contributed by atoms with Gasteiger partial charge >= 0.3 is 0 Å². The molecule has 0 amide bonds. The summed E-state index contributed by atoms with van der Waals surface area (Å²) in [6.07, 6.45) is 3.04. The number of benzene rings is 1. The fraction of sp³-hybridized carbons (Fsp3) is 0.267. The van der Waals surface area contributed by atoms with Gasteiger partial charge in [0.2, 0.25) is 0 Å². The number of rotatable bonds is 5. The Morgan fingerprint density at radius 1 is 1.21 bits per heavy atom. The molecule has 0 aliphatic carbocycles. The van der Waals surface area contributed by atoms with Crippen LogP contribution in [0.15, 0.2) is 53.3 Å².